The molecule has 0 radical (unpaired) electrons. The Labute approximate surface area is 215 Å². The van der Waals surface area contributed by atoms with Crippen LogP contribution in [0.1, 0.15) is 42.9 Å². The first kappa shape index (κ1) is 23.8. The van der Waals surface area contributed by atoms with Crippen LogP contribution in [0.3, 0.4) is 0 Å². The van der Waals surface area contributed by atoms with Gasteiger partial charge in [-0.05, 0) is 32.0 Å². The second-order valence-electron chi connectivity index (χ2n) is 8.07. The maximum absolute atomic E-state index is 13.3. The topological polar surface area (TPSA) is 123 Å². The Morgan fingerprint density at radius 2 is 1.92 bits per heavy atom. The van der Waals surface area contributed by atoms with Crippen molar-refractivity contribution in [2.75, 3.05) is 12.4 Å². The number of anilines is 1. The number of hydrogen-bond donors (Lipinski definition) is 1. The van der Waals surface area contributed by atoms with Gasteiger partial charge in [0.15, 0.2) is 5.13 Å². The van der Waals surface area contributed by atoms with Gasteiger partial charge in [-0.2, -0.15) is 0 Å². The molecule has 0 atom stereocenters. The van der Waals surface area contributed by atoms with Gasteiger partial charge < -0.3 is 9.64 Å². The van der Waals surface area contributed by atoms with Gasteiger partial charge in [0.2, 0.25) is 0 Å². The molecule has 0 fully saturated rings. The molecule has 10 nitrogen and oxygen atoms in total. The molecule has 12 heteroatoms. The van der Waals surface area contributed by atoms with Crippen molar-refractivity contribution in [2.24, 2.45) is 0 Å². The van der Waals surface area contributed by atoms with E-state index in [-0.39, 0.29) is 17.0 Å². The highest BCUT2D eigenvalue weighted by atomic mass is 35.5. The predicted octanol–water partition coefficient (Wildman–Crippen LogP) is 4.08. The summed E-state index contributed by atoms with van der Waals surface area (Å²) >= 11 is 7.46. The fourth-order valence-electron chi connectivity index (χ4n) is 3.89. The van der Waals surface area contributed by atoms with Gasteiger partial charge in [-0.15, -0.1) is 0 Å². The highest BCUT2D eigenvalue weighted by Gasteiger charge is 2.29. The minimum absolute atomic E-state index is 0.184. The number of carbonyl (C=O) groups excluding carboxylic acids is 2. The van der Waals surface area contributed by atoms with Crippen LogP contribution in [-0.4, -0.2) is 48.7 Å². The molecule has 36 heavy (non-hydrogen) atoms. The summed E-state index contributed by atoms with van der Waals surface area (Å²) in [7, 11) is 1.53. The molecule has 1 N–H and O–H groups in total. The number of hydrogen-bond acceptors (Lipinski definition) is 9. The minimum atomic E-state index is -0.371. The Balaban J connectivity index is 1.36. The average molecular weight is 522 g/mol. The molecule has 2 amide bonds. The average Bonchev–Trinajstić information content (AvgIpc) is 3.42. The fourth-order valence-corrected chi connectivity index (χ4v) is 5.03. The third-order valence-corrected chi connectivity index (χ3v) is 6.79. The standard InChI is InChI=1S/C24H20ClN7O3S/c1-12-6-14(15-7-21(25)28-9-19(15)35-3)16(8-27-12)22(33)31-24-30-18-10-32(11-20(18)36-24)23(34)17-4-5-26-13(2)29-17/h4-9H,10-11H2,1-3H3,(H,30,31,33). The number of nitrogens with one attached hydrogen (secondary N) is 1. The van der Waals surface area contributed by atoms with E-state index < -0.39 is 0 Å². The highest BCUT2D eigenvalue weighted by molar-refractivity contribution is 7.16. The molecule has 4 aromatic heterocycles. The number of rotatable bonds is 5. The molecule has 1 aliphatic rings. The molecule has 0 spiro atoms. The van der Waals surface area contributed by atoms with E-state index in [0.717, 1.165) is 16.3 Å². The van der Waals surface area contributed by atoms with Crippen LogP contribution in [0.5, 0.6) is 5.75 Å². The summed E-state index contributed by atoms with van der Waals surface area (Å²) in [6, 6.07) is 5.04. The van der Waals surface area contributed by atoms with E-state index in [1.54, 1.807) is 36.2 Å². The zero-order valence-corrected chi connectivity index (χ0v) is 21.1. The number of amides is 2. The lowest BCUT2D eigenvalue weighted by atomic mass is 10.0. The van der Waals surface area contributed by atoms with Crippen molar-refractivity contribution in [3.05, 3.63) is 75.3 Å². The van der Waals surface area contributed by atoms with E-state index >= 15 is 0 Å². The van der Waals surface area contributed by atoms with Gasteiger partial charge in [-0.1, -0.05) is 22.9 Å². The molecule has 0 saturated carbocycles. The van der Waals surface area contributed by atoms with Crippen LogP contribution in [-0.2, 0) is 13.1 Å². The van der Waals surface area contributed by atoms with Crippen molar-refractivity contribution in [1.82, 2.24) is 29.8 Å². The lowest BCUT2D eigenvalue weighted by molar-refractivity contribution is 0.0744. The second-order valence-corrected chi connectivity index (χ2v) is 9.54. The van der Waals surface area contributed by atoms with Crippen LogP contribution in [0.15, 0.2) is 36.8 Å². The lowest BCUT2D eigenvalue weighted by Gasteiger charge is -2.15. The van der Waals surface area contributed by atoms with E-state index in [1.165, 1.54) is 30.8 Å². The van der Waals surface area contributed by atoms with Crippen LogP contribution in [0, 0.1) is 13.8 Å². The van der Waals surface area contributed by atoms with E-state index in [0.29, 0.717) is 52.2 Å². The summed E-state index contributed by atoms with van der Waals surface area (Å²) in [5, 5.41) is 3.59. The van der Waals surface area contributed by atoms with Gasteiger partial charge in [0, 0.05) is 29.2 Å². The molecule has 1 aliphatic heterocycles. The number of nitrogens with zero attached hydrogens (tertiary/aromatic N) is 6. The van der Waals surface area contributed by atoms with Crippen molar-refractivity contribution in [3.63, 3.8) is 0 Å². The van der Waals surface area contributed by atoms with Crippen LogP contribution in [0.4, 0.5) is 5.13 Å². The first-order valence-electron chi connectivity index (χ1n) is 10.9. The number of carbonyl (C=O) groups is 2. The van der Waals surface area contributed by atoms with Crippen molar-refractivity contribution in [2.45, 2.75) is 26.9 Å². The lowest BCUT2D eigenvalue weighted by Crippen LogP contribution is -2.26. The Morgan fingerprint density at radius 1 is 1.08 bits per heavy atom. The summed E-state index contributed by atoms with van der Waals surface area (Å²) < 4.78 is 5.43. The number of fused-ring (bicyclic) bond motifs is 1. The summed E-state index contributed by atoms with van der Waals surface area (Å²) in [6.45, 7) is 4.31. The number of aromatic nitrogens is 5. The largest absolute Gasteiger partial charge is 0.494 e. The summed E-state index contributed by atoms with van der Waals surface area (Å²) in [4.78, 5) is 49.8. The maximum Gasteiger partial charge on any atom is 0.273 e. The zero-order chi connectivity index (χ0) is 25.4. The fraction of sp³-hybridized carbons (Fsp3) is 0.208. The first-order chi connectivity index (χ1) is 17.3. The quantitative estimate of drug-likeness (QED) is 0.390. The minimum Gasteiger partial charge on any atom is -0.494 e. The number of pyridine rings is 2. The Hall–Kier alpha value is -3.96. The van der Waals surface area contributed by atoms with Crippen molar-refractivity contribution in [3.8, 4) is 16.9 Å². The van der Waals surface area contributed by atoms with Gasteiger partial charge in [-0.3, -0.25) is 19.9 Å². The van der Waals surface area contributed by atoms with E-state index in [1.807, 2.05) is 6.92 Å². The van der Waals surface area contributed by atoms with Gasteiger partial charge in [0.05, 0.1) is 42.5 Å². The van der Waals surface area contributed by atoms with Gasteiger partial charge in [0.25, 0.3) is 11.8 Å². The Kier molecular flexibility index (Phi) is 6.33. The second kappa shape index (κ2) is 9.59. The highest BCUT2D eigenvalue weighted by Crippen LogP contribution is 2.35. The van der Waals surface area contributed by atoms with E-state index in [9.17, 15) is 9.59 Å². The number of halogens is 1. The maximum atomic E-state index is 13.3. The summed E-state index contributed by atoms with van der Waals surface area (Å²) in [6.07, 6.45) is 4.59. The SMILES string of the molecule is COc1cnc(Cl)cc1-c1cc(C)ncc1C(=O)Nc1nc2c(s1)CN(C(=O)c1ccnc(C)n1)C2. The third-order valence-electron chi connectivity index (χ3n) is 5.59. The van der Waals surface area contributed by atoms with Gasteiger partial charge >= 0.3 is 0 Å². The molecular weight excluding hydrogens is 502 g/mol. The smallest absolute Gasteiger partial charge is 0.273 e. The van der Waals surface area contributed by atoms with Crippen molar-refractivity contribution >= 4 is 39.9 Å². The molecule has 0 bridgehead atoms. The Morgan fingerprint density at radius 3 is 2.67 bits per heavy atom. The molecule has 4 aromatic rings. The molecular formula is C24H20ClN7O3S. The number of ether oxygens (including phenoxy) is 1. The van der Waals surface area contributed by atoms with Crippen LogP contribution < -0.4 is 10.1 Å². The molecule has 0 saturated heterocycles. The van der Waals surface area contributed by atoms with Gasteiger partial charge in [-0.25, -0.2) is 19.9 Å². The third kappa shape index (κ3) is 4.62. The van der Waals surface area contributed by atoms with Crippen molar-refractivity contribution in [1.29, 1.82) is 0 Å². The van der Waals surface area contributed by atoms with Crippen molar-refractivity contribution < 1.29 is 14.3 Å². The first-order valence-corrected chi connectivity index (χ1v) is 12.1. The molecule has 5 rings (SSSR count). The normalized spacial score (nSPS) is 12.4. The van der Waals surface area contributed by atoms with E-state index in [2.05, 4.69) is 30.2 Å². The number of aryl methyl sites for hydroxylation is 2. The van der Waals surface area contributed by atoms with Crippen LogP contribution in [0.25, 0.3) is 11.1 Å². The molecule has 182 valence electrons. The van der Waals surface area contributed by atoms with E-state index in [4.69, 9.17) is 16.3 Å². The predicted molar refractivity (Wildman–Crippen MR) is 134 cm³/mol. The van der Waals surface area contributed by atoms with Gasteiger partial charge in [0.1, 0.15) is 22.4 Å². The molecule has 5 heterocycles. The summed E-state index contributed by atoms with van der Waals surface area (Å²) in [5.74, 6) is 0.464. The zero-order valence-electron chi connectivity index (χ0n) is 19.6. The number of thiazole rings is 1. The van der Waals surface area contributed by atoms with Crippen LogP contribution in [0.2, 0.25) is 5.15 Å². The number of methoxy groups -OCH3 is 1. The Bertz CT molecular complexity index is 1480. The molecule has 0 aromatic carbocycles. The molecule has 0 aliphatic carbocycles. The van der Waals surface area contributed by atoms with Crippen LogP contribution >= 0.6 is 22.9 Å². The monoisotopic (exact) mass is 521 g/mol. The summed E-state index contributed by atoms with van der Waals surface area (Å²) in [5.41, 5.74) is 3.41. The molecule has 0 unspecified atom stereocenters.